The zero-order valence-electron chi connectivity index (χ0n) is 1.60. The molecule has 0 heterocycles. The fourth-order valence-electron chi connectivity index (χ4n) is 0. The van der Waals surface area contributed by atoms with Gasteiger partial charge in [0.25, 0.3) is 0 Å². The first kappa shape index (κ1) is 26.3. The van der Waals surface area contributed by atoms with Crippen LogP contribution in [0.2, 0.25) is 0 Å². The summed E-state index contributed by atoms with van der Waals surface area (Å²) in [7, 11) is 0. The standard InChI is InChI=1S/Eu.Ni.H2O.Sm/h;;1H2;. The minimum Gasteiger partial charge on any atom is -0.412 e. The monoisotopic (exact) mass is 381 g/mol. The van der Waals surface area contributed by atoms with E-state index in [-0.39, 0.29) is 112 Å². The first-order valence-electron chi connectivity index (χ1n) is 0. The van der Waals surface area contributed by atoms with E-state index < -0.39 is 0 Å². The smallest absolute Gasteiger partial charge is 0 e. The van der Waals surface area contributed by atoms with Gasteiger partial charge in [-0.05, 0) is 0 Å². The Labute approximate surface area is 109 Å². The largest absolute Gasteiger partial charge is 0.412 e. The van der Waals surface area contributed by atoms with Crippen LogP contribution in [0.15, 0.2) is 0 Å². The zero-order valence-corrected chi connectivity index (χ0v) is 7.63. The molecule has 0 bridgehead atoms. The van der Waals surface area contributed by atoms with Gasteiger partial charge in [0, 0.05) is 106 Å². The minimum absolute atomic E-state index is 0. The van der Waals surface area contributed by atoms with E-state index in [2.05, 4.69) is 0 Å². The molecule has 0 unspecified atom stereocenters. The first-order valence-corrected chi connectivity index (χ1v) is 0. The fourth-order valence-corrected chi connectivity index (χ4v) is 0. The molecule has 0 atom stereocenters. The third-order valence-electron chi connectivity index (χ3n) is 0. The Bertz CT molecular complexity index is 8.00. The number of hydrogen-bond donors (Lipinski definition) is 0. The number of rotatable bonds is 0. The molecule has 1 nitrogen and oxygen atoms in total. The van der Waals surface area contributed by atoms with E-state index in [0.717, 1.165) is 0 Å². The van der Waals surface area contributed by atoms with E-state index in [1.807, 2.05) is 0 Å². The molecule has 0 aliphatic carbocycles. The maximum atomic E-state index is 0. The van der Waals surface area contributed by atoms with Crippen LogP contribution in [-0.2, 0) is 16.5 Å². The molecule has 4 heavy (non-hydrogen) atoms. The van der Waals surface area contributed by atoms with Crippen LogP contribution in [0.1, 0.15) is 0 Å². The summed E-state index contributed by atoms with van der Waals surface area (Å²) in [6, 6.07) is 0. The van der Waals surface area contributed by atoms with Crippen molar-refractivity contribution in [2.24, 2.45) is 0 Å². The van der Waals surface area contributed by atoms with E-state index in [1.54, 1.807) is 0 Å². The Balaban J connectivity index is 0. The molecular weight excluding hydrogens is 377 g/mol. The van der Waals surface area contributed by atoms with Gasteiger partial charge < -0.3 is 5.48 Å². The molecule has 0 spiro atoms. The van der Waals surface area contributed by atoms with Crippen LogP contribution >= 0.6 is 0 Å². The molecule has 4 heteroatoms. The number of hydrogen-bond acceptors (Lipinski definition) is 0. The molecule has 0 aromatic heterocycles. The molecule has 0 aromatic rings. The second kappa shape index (κ2) is 16.2. The molecule has 1 radical (unpaired) electrons. The summed E-state index contributed by atoms with van der Waals surface area (Å²) >= 11 is 0. The average molecular weight is 379 g/mol. The first-order chi connectivity index (χ1) is 0. The Hall–Kier alpha value is 3.38. The third-order valence-corrected chi connectivity index (χ3v) is 0. The Morgan fingerprint density at radius 2 is 1.00 bits per heavy atom. The van der Waals surface area contributed by atoms with Crippen molar-refractivity contribution in [1.29, 1.82) is 0 Å². The summed E-state index contributed by atoms with van der Waals surface area (Å²) in [5.41, 5.74) is 0. The summed E-state index contributed by atoms with van der Waals surface area (Å²) in [6.45, 7) is 0. The van der Waals surface area contributed by atoms with Gasteiger partial charge in [0.15, 0.2) is 0 Å². The molecule has 0 saturated carbocycles. The van der Waals surface area contributed by atoms with Crippen LogP contribution in [0.5, 0.6) is 0 Å². The van der Waals surface area contributed by atoms with Gasteiger partial charge in [-0.1, -0.05) is 0 Å². The molecule has 2 N–H and O–H groups in total. The Kier molecular flexibility index (Phi) is 106. The SMILES string of the molecule is O.[Eu].[Ni].[Sm]. The van der Waals surface area contributed by atoms with E-state index in [0.29, 0.717) is 0 Å². The van der Waals surface area contributed by atoms with Crippen LogP contribution in [0.25, 0.3) is 0 Å². The normalized spacial score (nSPS) is 0. The van der Waals surface area contributed by atoms with Gasteiger partial charge in [-0.25, -0.2) is 0 Å². The van der Waals surface area contributed by atoms with E-state index in [1.165, 1.54) is 0 Å². The van der Waals surface area contributed by atoms with Crippen molar-refractivity contribution in [2.75, 3.05) is 0 Å². The molecule has 0 aromatic carbocycles. The molecule has 0 aliphatic rings. The van der Waals surface area contributed by atoms with Gasteiger partial charge >= 0.3 is 0 Å². The van der Waals surface area contributed by atoms with Crippen LogP contribution in [-0.4, -0.2) is 5.48 Å². The Morgan fingerprint density at radius 3 is 1.00 bits per heavy atom. The van der Waals surface area contributed by atoms with Gasteiger partial charge in [-0.2, -0.15) is 0 Å². The topological polar surface area (TPSA) is 31.5 Å². The quantitative estimate of drug-likeness (QED) is 0.493. The third kappa shape index (κ3) is 9.03. The fraction of sp³-hybridized carbons (Fsp3) is 0. The zero-order chi connectivity index (χ0) is 0. The van der Waals surface area contributed by atoms with Gasteiger partial charge in [-0.3, -0.25) is 0 Å². The summed E-state index contributed by atoms with van der Waals surface area (Å²) in [5.74, 6) is 0. The van der Waals surface area contributed by atoms with Gasteiger partial charge in [-0.15, -0.1) is 0 Å². The van der Waals surface area contributed by atoms with Crippen molar-refractivity contribution in [3.63, 3.8) is 0 Å². The molecule has 0 saturated heterocycles. The molecule has 0 fully saturated rings. The summed E-state index contributed by atoms with van der Waals surface area (Å²) in [6.07, 6.45) is 0. The second-order valence-electron chi connectivity index (χ2n) is 0. The van der Waals surface area contributed by atoms with Crippen LogP contribution in [0, 0.1) is 89.8 Å². The summed E-state index contributed by atoms with van der Waals surface area (Å²) in [5, 5.41) is 0. The van der Waals surface area contributed by atoms with Crippen molar-refractivity contribution >= 4 is 0 Å². The van der Waals surface area contributed by atoms with Crippen molar-refractivity contribution in [2.45, 2.75) is 0 Å². The average Bonchev–Trinajstić information content (AvgIpc) is 0. The predicted octanol–water partition coefficient (Wildman–Crippen LogP) is -0.827. The van der Waals surface area contributed by atoms with Crippen LogP contribution in [0.3, 0.4) is 0 Å². The Morgan fingerprint density at radius 1 is 1.00 bits per heavy atom. The summed E-state index contributed by atoms with van der Waals surface area (Å²) in [4.78, 5) is 0. The minimum atomic E-state index is 0. The van der Waals surface area contributed by atoms with Crippen molar-refractivity contribution in [3.05, 3.63) is 0 Å². The maximum absolute atomic E-state index is 0. The van der Waals surface area contributed by atoms with E-state index in [9.17, 15) is 0 Å². The summed E-state index contributed by atoms with van der Waals surface area (Å²) < 4.78 is 0. The molecule has 0 amide bonds. The molecule has 0 rings (SSSR count). The van der Waals surface area contributed by atoms with Crippen LogP contribution in [0.4, 0.5) is 0 Å². The van der Waals surface area contributed by atoms with Gasteiger partial charge in [0.2, 0.25) is 0 Å². The molecule has 31 valence electrons. The van der Waals surface area contributed by atoms with Gasteiger partial charge in [0.1, 0.15) is 0 Å². The van der Waals surface area contributed by atoms with Crippen molar-refractivity contribution in [3.8, 4) is 0 Å². The molecule has 0 aliphatic heterocycles. The second-order valence-corrected chi connectivity index (χ2v) is 0. The van der Waals surface area contributed by atoms with Gasteiger partial charge in [0.05, 0.1) is 0 Å². The van der Waals surface area contributed by atoms with Crippen molar-refractivity contribution < 1.29 is 112 Å². The van der Waals surface area contributed by atoms with E-state index in [4.69, 9.17) is 0 Å². The molecular formula is H2EuNiOSm. The van der Waals surface area contributed by atoms with Crippen LogP contribution < -0.4 is 0 Å². The van der Waals surface area contributed by atoms with Crippen molar-refractivity contribution in [1.82, 2.24) is 0 Å². The van der Waals surface area contributed by atoms with E-state index >= 15 is 0 Å². The predicted molar refractivity (Wildman–Crippen MR) is 3.61 cm³/mol. The maximum Gasteiger partial charge on any atom is 0 e.